The minimum Gasteiger partial charge on any atom is -0.309 e. The molecule has 0 fully saturated rings. The molecule has 9 aromatic carbocycles. The molecule has 0 spiro atoms. The van der Waals surface area contributed by atoms with Crippen molar-refractivity contribution in [2.24, 2.45) is 0 Å². The van der Waals surface area contributed by atoms with Crippen molar-refractivity contribution in [3.05, 3.63) is 240 Å². The van der Waals surface area contributed by atoms with Crippen molar-refractivity contribution in [2.45, 2.75) is 41.5 Å². The molecule has 0 aliphatic heterocycles. The van der Waals surface area contributed by atoms with Crippen LogP contribution in [-0.2, 0) is 0 Å². The van der Waals surface area contributed by atoms with Crippen molar-refractivity contribution in [3.8, 4) is 56.7 Å². The fourth-order valence-electron chi connectivity index (χ4n) is 9.58. The summed E-state index contributed by atoms with van der Waals surface area (Å²) in [5.41, 5.74) is 11.6. The molecular formula is C64H52N8. The van der Waals surface area contributed by atoms with Crippen molar-refractivity contribution < 1.29 is 5.48 Å². The highest BCUT2D eigenvalue weighted by Gasteiger charge is 2.27. The smallest absolute Gasteiger partial charge is 0.241 e. The maximum absolute atomic E-state index is 9.20. The molecular weight excluding hydrogens is 881 g/mol. The van der Waals surface area contributed by atoms with Gasteiger partial charge in [0.2, 0.25) is 11.9 Å². The second-order valence-electron chi connectivity index (χ2n) is 17.9. The van der Waals surface area contributed by atoms with Crippen LogP contribution in [0.1, 0.15) is 38.9 Å². The van der Waals surface area contributed by atoms with Crippen LogP contribution in [0.5, 0.6) is 0 Å². The van der Waals surface area contributed by atoms with Gasteiger partial charge in [0.05, 0.1) is 22.5 Å². The van der Waals surface area contributed by atoms with E-state index < -0.39 is 0 Å². The first-order chi connectivity index (χ1) is 36.9. The normalized spacial score (nSPS) is 12.0. The van der Waals surface area contributed by atoms with Crippen LogP contribution in [-0.4, -0.2) is 29.9 Å². The van der Waals surface area contributed by atoms with E-state index in [0.29, 0.717) is 79.4 Å². The lowest BCUT2D eigenvalue weighted by molar-refractivity contribution is 0.964. The van der Waals surface area contributed by atoms with Crippen molar-refractivity contribution in [2.75, 3.05) is 9.80 Å². The molecule has 0 N–H and O–H groups in total. The van der Waals surface area contributed by atoms with Crippen LogP contribution in [0.4, 0.5) is 34.6 Å². The van der Waals surface area contributed by atoms with Crippen LogP contribution < -0.4 is 9.80 Å². The number of hydrogen-bond acceptors (Lipinski definition) is 8. The number of nitrogens with zero attached hydrogens (tertiary/aromatic N) is 8. The van der Waals surface area contributed by atoms with Gasteiger partial charge in [-0.2, -0.15) is 19.9 Å². The molecule has 2 aromatic heterocycles. The molecule has 72 heavy (non-hydrogen) atoms. The Hall–Kier alpha value is -9.14. The van der Waals surface area contributed by atoms with Crippen molar-refractivity contribution in [1.82, 2.24) is 29.9 Å². The molecule has 11 rings (SSSR count). The van der Waals surface area contributed by atoms with E-state index in [9.17, 15) is 5.48 Å². The van der Waals surface area contributed by atoms with Gasteiger partial charge in [-0.3, -0.25) is 0 Å². The fourth-order valence-corrected chi connectivity index (χ4v) is 9.58. The van der Waals surface area contributed by atoms with Crippen molar-refractivity contribution in [3.63, 3.8) is 0 Å². The van der Waals surface area contributed by atoms with Gasteiger partial charge < -0.3 is 4.90 Å². The van der Waals surface area contributed by atoms with E-state index in [0.717, 1.165) is 44.2 Å². The van der Waals surface area contributed by atoms with Crippen LogP contribution in [0.2, 0.25) is 0 Å². The molecule has 0 saturated carbocycles. The molecule has 0 bridgehead atoms. The fraction of sp³-hybridized carbons (Fsp3) is 0.0938. The molecule has 0 saturated heterocycles. The molecule has 0 amide bonds. The third-order valence-corrected chi connectivity index (χ3v) is 12.7. The Balaban J connectivity index is 1.20. The van der Waals surface area contributed by atoms with E-state index in [2.05, 4.69) is 36.4 Å². The molecule has 0 aliphatic rings. The summed E-state index contributed by atoms with van der Waals surface area (Å²) in [7, 11) is 0. The summed E-state index contributed by atoms with van der Waals surface area (Å²) in [5.74, 6) is 2.26. The highest BCUT2D eigenvalue weighted by atomic mass is 15.4. The average molecular weight is 937 g/mol. The molecule has 348 valence electrons. The summed E-state index contributed by atoms with van der Waals surface area (Å²) in [6, 6.07) is 61.2. The first kappa shape index (κ1) is 40.7. The summed E-state index contributed by atoms with van der Waals surface area (Å²) in [6.07, 6.45) is 0. The van der Waals surface area contributed by atoms with Crippen LogP contribution in [0.3, 0.4) is 0 Å². The summed E-state index contributed by atoms with van der Waals surface area (Å²) in [6.45, 7) is 11.2. The summed E-state index contributed by atoms with van der Waals surface area (Å²) >= 11 is 0. The second-order valence-corrected chi connectivity index (χ2v) is 17.9. The maximum Gasteiger partial charge on any atom is 0.241 e. The van der Waals surface area contributed by atoms with Gasteiger partial charge in [0.25, 0.3) is 0 Å². The van der Waals surface area contributed by atoms with Crippen molar-refractivity contribution in [1.29, 1.82) is 0 Å². The third-order valence-electron chi connectivity index (χ3n) is 12.7. The Bertz CT molecular complexity index is 3810. The second kappa shape index (κ2) is 19.3. The topological polar surface area (TPSA) is 83.8 Å². The molecule has 8 heteroatoms. The molecule has 0 aliphatic carbocycles. The average Bonchev–Trinajstić information content (AvgIpc) is 3.61. The highest BCUT2D eigenvalue weighted by molar-refractivity contribution is 5.96. The van der Waals surface area contributed by atoms with E-state index in [1.807, 2.05) is 183 Å². The van der Waals surface area contributed by atoms with Crippen LogP contribution >= 0.6 is 0 Å². The van der Waals surface area contributed by atoms with E-state index in [-0.39, 0.29) is 36.1 Å². The number of anilines is 6. The predicted molar refractivity (Wildman–Crippen MR) is 296 cm³/mol. The Morgan fingerprint density at radius 3 is 1.04 bits per heavy atom. The van der Waals surface area contributed by atoms with Gasteiger partial charge in [0.15, 0.2) is 23.3 Å². The third kappa shape index (κ3) is 8.98. The quantitative estimate of drug-likeness (QED) is 0.127. The summed E-state index contributed by atoms with van der Waals surface area (Å²) in [5, 5.41) is 2.10. The molecule has 11 aromatic rings. The van der Waals surface area contributed by atoms with E-state index in [4.69, 9.17) is 29.9 Å². The zero-order valence-electron chi connectivity index (χ0n) is 44.9. The zero-order valence-corrected chi connectivity index (χ0v) is 40.9. The van der Waals surface area contributed by atoms with Gasteiger partial charge >= 0.3 is 0 Å². The highest BCUT2D eigenvalue weighted by Crippen LogP contribution is 2.45. The summed E-state index contributed by atoms with van der Waals surface area (Å²) < 4.78 is 36.8. The Morgan fingerprint density at radius 1 is 0.319 bits per heavy atom. The van der Waals surface area contributed by atoms with Gasteiger partial charge in [0, 0.05) is 27.9 Å². The van der Waals surface area contributed by atoms with E-state index in [1.54, 1.807) is 13.8 Å². The maximum atomic E-state index is 9.20. The number of aromatic nitrogens is 6. The molecule has 0 unspecified atom stereocenters. The number of hydrogen-bond donors (Lipinski definition) is 0. The van der Waals surface area contributed by atoms with Crippen LogP contribution in [0.25, 0.3) is 67.5 Å². The molecule has 8 nitrogen and oxygen atoms in total. The largest absolute Gasteiger partial charge is 0.309 e. The predicted octanol–water partition coefficient (Wildman–Crippen LogP) is 16.3. The molecule has 0 radical (unpaired) electrons. The lowest BCUT2D eigenvalue weighted by Crippen LogP contribution is -2.19. The summed E-state index contributed by atoms with van der Waals surface area (Å²) in [4.78, 5) is 35.5. The zero-order chi connectivity index (χ0) is 52.8. The first-order valence-electron chi connectivity index (χ1n) is 26.0. The van der Waals surface area contributed by atoms with Gasteiger partial charge in [-0.05, 0) is 122 Å². The minimum atomic E-state index is 0.246. The number of rotatable bonds is 11. The Morgan fingerprint density at radius 2 is 0.639 bits per heavy atom. The lowest BCUT2D eigenvalue weighted by Gasteiger charge is -2.32. The number of fused-ring (bicyclic) bond motifs is 1. The van der Waals surface area contributed by atoms with Crippen LogP contribution in [0, 0.1) is 41.5 Å². The van der Waals surface area contributed by atoms with Crippen molar-refractivity contribution >= 4 is 45.4 Å². The minimum absolute atomic E-state index is 0.246. The van der Waals surface area contributed by atoms with Crippen LogP contribution in [0.15, 0.2) is 206 Å². The standard InChI is InChI=1S/C64H52N8/c1-41-35-43(3)57(44(4)36-41)71(58-45(5)37-42(2)38-46(58)6)53-31-33-54(34-32-53)72(63-67-59(48-23-13-8-14-24-48)65-60(68-63)49-25-15-9-16-26-49)64-69-61(50-27-17-10-18-28-50)66-62(70-64)56-40-52-30-20-19-29-51(52)39-55(56)47-21-11-7-12-22-47/h7-40H,1-6H3/i35D,36D,37D,38D. The van der Waals surface area contributed by atoms with Gasteiger partial charge in [-0.1, -0.05) is 181 Å². The number of benzene rings is 9. The first-order valence-corrected chi connectivity index (χ1v) is 24.0. The molecule has 0 atom stereocenters. The van der Waals surface area contributed by atoms with Gasteiger partial charge in [-0.15, -0.1) is 0 Å². The van der Waals surface area contributed by atoms with Gasteiger partial charge in [-0.25, -0.2) is 14.9 Å². The Kier molecular flexibility index (Phi) is 10.9. The van der Waals surface area contributed by atoms with Gasteiger partial charge in [0.1, 0.15) is 0 Å². The van der Waals surface area contributed by atoms with E-state index in [1.165, 1.54) is 0 Å². The molecule has 2 heterocycles. The van der Waals surface area contributed by atoms with E-state index >= 15 is 0 Å². The Labute approximate surface area is 426 Å². The SMILES string of the molecule is [2H]c1c(C)c([2H])c(C)c(N(c2ccc(N(c3nc(-c4ccccc4)nc(-c4ccccc4)n3)c3nc(-c4ccccc4)nc(-c4cc5ccccc5cc4-c4ccccc4)n3)cc2)c2c(C)c([2H])c(C)c([2H])c2C)c1C. The monoisotopic (exact) mass is 936 g/mol. The lowest BCUT2D eigenvalue weighted by atomic mass is 9.95.